The standard InChI is InChI=1S/C16H19N7O/c17-21-19-11-24-12-3-4-14-13(10-12)20-16(5-8-22(18)9-6-16)15-2-1-7-23(14)15/h1-4,7,10,20H,5-6,8-9,11,18H2. The third-order valence-corrected chi connectivity index (χ3v) is 4.84. The second-order valence-electron chi connectivity index (χ2n) is 6.19. The molecule has 1 spiro atoms. The number of hydrazine groups is 1. The lowest BCUT2D eigenvalue weighted by Gasteiger charge is -2.45. The van der Waals surface area contributed by atoms with Gasteiger partial charge in [0, 0.05) is 36.0 Å². The van der Waals surface area contributed by atoms with Crippen molar-refractivity contribution in [1.29, 1.82) is 0 Å². The highest BCUT2D eigenvalue weighted by atomic mass is 16.5. The number of hydrogen-bond acceptors (Lipinski definition) is 5. The number of ether oxygens (including phenoxy) is 1. The fraction of sp³-hybridized carbons (Fsp3) is 0.375. The van der Waals surface area contributed by atoms with Gasteiger partial charge in [0.15, 0.2) is 6.73 Å². The molecule has 0 bridgehead atoms. The molecule has 0 unspecified atom stereocenters. The van der Waals surface area contributed by atoms with Crippen molar-refractivity contribution in [2.45, 2.75) is 18.4 Å². The molecule has 2 aliphatic heterocycles. The van der Waals surface area contributed by atoms with E-state index in [4.69, 9.17) is 16.1 Å². The molecule has 2 aromatic rings. The van der Waals surface area contributed by atoms with E-state index < -0.39 is 0 Å². The summed E-state index contributed by atoms with van der Waals surface area (Å²) in [5.41, 5.74) is 11.6. The average molecular weight is 325 g/mol. The summed E-state index contributed by atoms with van der Waals surface area (Å²) in [6.07, 6.45) is 3.97. The van der Waals surface area contributed by atoms with Crippen LogP contribution < -0.4 is 15.9 Å². The van der Waals surface area contributed by atoms with E-state index in [9.17, 15) is 0 Å². The zero-order chi connectivity index (χ0) is 16.6. The SMILES string of the molecule is [N-]=[N+]=NCOc1ccc2c(c1)NC1(CCN(N)CC1)c1cccn1-2. The molecule has 8 heteroatoms. The third-order valence-electron chi connectivity index (χ3n) is 4.84. The monoisotopic (exact) mass is 325 g/mol. The maximum atomic E-state index is 8.36. The van der Waals surface area contributed by atoms with E-state index in [1.54, 1.807) is 0 Å². The van der Waals surface area contributed by atoms with E-state index in [0.717, 1.165) is 37.3 Å². The molecule has 0 radical (unpaired) electrons. The van der Waals surface area contributed by atoms with Crippen molar-refractivity contribution in [3.05, 3.63) is 52.7 Å². The molecule has 1 fully saturated rings. The van der Waals surface area contributed by atoms with Gasteiger partial charge in [0.1, 0.15) is 5.75 Å². The zero-order valence-corrected chi connectivity index (χ0v) is 13.2. The fourth-order valence-electron chi connectivity index (χ4n) is 3.63. The van der Waals surface area contributed by atoms with Gasteiger partial charge >= 0.3 is 0 Å². The summed E-state index contributed by atoms with van der Waals surface area (Å²) in [6, 6.07) is 10.1. The van der Waals surface area contributed by atoms with Crippen LogP contribution in [0.3, 0.4) is 0 Å². The molecule has 0 atom stereocenters. The number of nitrogens with one attached hydrogen (secondary N) is 1. The summed E-state index contributed by atoms with van der Waals surface area (Å²) in [7, 11) is 0. The molecule has 0 amide bonds. The van der Waals surface area contributed by atoms with Crippen LogP contribution in [0.25, 0.3) is 16.1 Å². The minimum absolute atomic E-state index is 0.0165. The molecule has 2 aliphatic rings. The van der Waals surface area contributed by atoms with E-state index >= 15 is 0 Å². The van der Waals surface area contributed by atoms with E-state index in [-0.39, 0.29) is 12.3 Å². The Morgan fingerprint density at radius 3 is 2.96 bits per heavy atom. The van der Waals surface area contributed by atoms with Crippen LogP contribution in [0.4, 0.5) is 5.69 Å². The highest BCUT2D eigenvalue weighted by molar-refractivity contribution is 5.69. The van der Waals surface area contributed by atoms with Crippen molar-refractivity contribution >= 4 is 5.69 Å². The Balaban J connectivity index is 1.71. The molecule has 0 saturated carbocycles. The van der Waals surface area contributed by atoms with Gasteiger partial charge in [-0.2, -0.15) is 0 Å². The summed E-state index contributed by atoms with van der Waals surface area (Å²) < 4.78 is 7.71. The van der Waals surface area contributed by atoms with Crippen LogP contribution in [0.5, 0.6) is 5.75 Å². The number of hydrogen-bond donors (Lipinski definition) is 2. The first kappa shape index (κ1) is 14.9. The minimum Gasteiger partial charge on any atom is -0.487 e. The van der Waals surface area contributed by atoms with Crippen molar-refractivity contribution in [1.82, 2.24) is 9.58 Å². The van der Waals surface area contributed by atoms with E-state index in [1.165, 1.54) is 5.69 Å². The van der Waals surface area contributed by atoms with Crippen LogP contribution in [-0.2, 0) is 5.54 Å². The summed E-state index contributed by atoms with van der Waals surface area (Å²) >= 11 is 0. The summed E-state index contributed by atoms with van der Waals surface area (Å²) in [4.78, 5) is 2.70. The summed E-state index contributed by atoms with van der Waals surface area (Å²) in [5, 5.41) is 9.00. The molecule has 4 rings (SSSR count). The lowest BCUT2D eigenvalue weighted by atomic mass is 9.83. The second kappa shape index (κ2) is 5.76. The smallest absolute Gasteiger partial charge is 0.167 e. The Labute approximate surface area is 139 Å². The lowest BCUT2D eigenvalue weighted by molar-refractivity contribution is 0.171. The molecule has 3 N–H and O–H groups in total. The van der Waals surface area contributed by atoms with Crippen molar-refractivity contribution in [2.75, 3.05) is 25.1 Å². The van der Waals surface area contributed by atoms with Gasteiger partial charge in [-0.1, -0.05) is 5.11 Å². The highest BCUT2D eigenvalue weighted by Crippen LogP contribution is 2.43. The highest BCUT2D eigenvalue weighted by Gasteiger charge is 2.41. The van der Waals surface area contributed by atoms with Crippen LogP contribution in [0, 0.1) is 0 Å². The van der Waals surface area contributed by atoms with Crippen LogP contribution in [0.2, 0.25) is 0 Å². The van der Waals surface area contributed by atoms with Crippen molar-refractivity contribution in [2.24, 2.45) is 11.0 Å². The molecular formula is C16H19N7O. The largest absolute Gasteiger partial charge is 0.487 e. The number of azide groups is 1. The summed E-state index contributed by atoms with van der Waals surface area (Å²) in [6.45, 7) is 1.68. The topological polar surface area (TPSA) is 104 Å². The Bertz CT molecular complexity index is 801. The number of rotatable bonds is 3. The minimum atomic E-state index is -0.115. The van der Waals surface area contributed by atoms with Crippen molar-refractivity contribution < 1.29 is 4.74 Å². The van der Waals surface area contributed by atoms with Crippen LogP contribution in [0.1, 0.15) is 18.5 Å². The van der Waals surface area contributed by atoms with Crippen molar-refractivity contribution in [3.8, 4) is 11.4 Å². The molecule has 8 nitrogen and oxygen atoms in total. The molecule has 1 aromatic carbocycles. The second-order valence-corrected chi connectivity index (χ2v) is 6.19. The molecule has 0 aliphatic carbocycles. The average Bonchev–Trinajstić information content (AvgIpc) is 3.09. The first-order valence-corrected chi connectivity index (χ1v) is 7.96. The number of anilines is 1. The molecule has 1 saturated heterocycles. The lowest BCUT2D eigenvalue weighted by Crippen LogP contribution is -2.51. The number of piperidine rings is 1. The van der Waals surface area contributed by atoms with Crippen molar-refractivity contribution in [3.63, 3.8) is 0 Å². The maximum Gasteiger partial charge on any atom is 0.167 e. The number of nitrogens with two attached hydrogens (primary N) is 1. The van der Waals surface area contributed by atoms with E-state index in [0.29, 0.717) is 5.75 Å². The van der Waals surface area contributed by atoms with Crippen LogP contribution in [0.15, 0.2) is 41.6 Å². The molecule has 3 heterocycles. The van der Waals surface area contributed by atoms with Gasteiger partial charge in [-0.3, -0.25) is 5.84 Å². The Morgan fingerprint density at radius 2 is 2.17 bits per heavy atom. The molecular weight excluding hydrogens is 306 g/mol. The summed E-state index contributed by atoms with van der Waals surface area (Å²) in [5.74, 6) is 6.62. The van der Waals surface area contributed by atoms with Gasteiger partial charge in [0.05, 0.1) is 16.9 Å². The maximum absolute atomic E-state index is 8.36. The molecule has 124 valence electrons. The molecule has 24 heavy (non-hydrogen) atoms. The predicted molar refractivity (Wildman–Crippen MR) is 90.7 cm³/mol. The Morgan fingerprint density at radius 1 is 1.33 bits per heavy atom. The number of nitrogens with zero attached hydrogens (tertiary/aromatic N) is 5. The number of benzene rings is 1. The first-order valence-electron chi connectivity index (χ1n) is 7.96. The Kier molecular flexibility index (Phi) is 3.57. The van der Waals surface area contributed by atoms with Gasteiger partial charge in [-0.05, 0) is 42.6 Å². The Hall–Kier alpha value is -2.67. The van der Waals surface area contributed by atoms with Gasteiger partial charge < -0.3 is 14.6 Å². The predicted octanol–water partition coefficient (Wildman–Crippen LogP) is 2.71. The number of aromatic nitrogens is 1. The zero-order valence-electron chi connectivity index (χ0n) is 13.2. The van der Waals surface area contributed by atoms with Crippen LogP contribution in [-0.4, -0.2) is 29.4 Å². The van der Waals surface area contributed by atoms with E-state index in [2.05, 4.69) is 38.2 Å². The van der Waals surface area contributed by atoms with Gasteiger partial charge in [-0.25, -0.2) is 5.01 Å². The van der Waals surface area contributed by atoms with Gasteiger partial charge in [0.25, 0.3) is 0 Å². The van der Waals surface area contributed by atoms with Crippen LogP contribution >= 0.6 is 0 Å². The number of fused-ring (bicyclic) bond motifs is 4. The van der Waals surface area contributed by atoms with Gasteiger partial charge in [0.2, 0.25) is 0 Å². The normalized spacial score (nSPS) is 18.2. The van der Waals surface area contributed by atoms with E-state index in [1.807, 2.05) is 23.2 Å². The quantitative estimate of drug-likeness (QED) is 0.392. The molecule has 1 aromatic heterocycles. The third kappa shape index (κ3) is 2.37. The van der Waals surface area contributed by atoms with Gasteiger partial charge in [-0.15, -0.1) is 0 Å². The first-order chi connectivity index (χ1) is 11.7. The fourth-order valence-corrected chi connectivity index (χ4v) is 3.63.